The predicted octanol–water partition coefficient (Wildman–Crippen LogP) is 3.31. The molecule has 5 nitrogen and oxygen atoms in total. The minimum absolute atomic E-state index is 0.299. The Bertz CT molecular complexity index is 624. The average molecular weight is 323 g/mol. The zero-order valence-electron chi connectivity index (χ0n) is 13.8. The third kappa shape index (κ3) is 3.81. The smallest absolute Gasteiger partial charge is 0.411 e. The van der Waals surface area contributed by atoms with Gasteiger partial charge in [0, 0.05) is 12.5 Å². The van der Waals surface area contributed by atoms with Crippen molar-refractivity contribution >= 4 is 12.1 Å². The van der Waals surface area contributed by atoms with Crippen LogP contribution in [0.4, 0.5) is 9.18 Å². The van der Waals surface area contributed by atoms with Crippen LogP contribution in [0.15, 0.2) is 18.2 Å². The first-order valence-corrected chi connectivity index (χ1v) is 7.58. The van der Waals surface area contributed by atoms with E-state index in [-0.39, 0.29) is 11.7 Å². The summed E-state index contributed by atoms with van der Waals surface area (Å²) in [6, 6.07) is 3.56. The number of ether oxygens (including phenoxy) is 1. The van der Waals surface area contributed by atoms with Crippen molar-refractivity contribution in [2.45, 2.75) is 51.7 Å². The number of likely N-dealkylation sites (tertiary alicyclic amines) is 1. The van der Waals surface area contributed by atoms with E-state index in [0.29, 0.717) is 18.5 Å². The molecule has 1 heterocycles. The van der Waals surface area contributed by atoms with Crippen LogP contribution >= 0.6 is 0 Å². The van der Waals surface area contributed by atoms with Crippen molar-refractivity contribution in [3.63, 3.8) is 0 Å². The van der Waals surface area contributed by atoms with E-state index in [0.717, 1.165) is 5.56 Å². The summed E-state index contributed by atoms with van der Waals surface area (Å²) in [7, 11) is 0. The van der Waals surface area contributed by atoms with Gasteiger partial charge in [-0.15, -0.1) is 0 Å². The summed E-state index contributed by atoms with van der Waals surface area (Å²) in [6.07, 6.45) is -0.132. The molecule has 0 saturated carbocycles. The van der Waals surface area contributed by atoms with Gasteiger partial charge in [-0.05, 0) is 51.3 Å². The van der Waals surface area contributed by atoms with Gasteiger partial charge in [-0.2, -0.15) is 0 Å². The molecule has 1 aliphatic rings. The highest BCUT2D eigenvalue weighted by atomic mass is 19.1. The van der Waals surface area contributed by atoms with Gasteiger partial charge in [0.2, 0.25) is 0 Å². The fraction of sp³-hybridized carbons (Fsp3) is 0.529. The predicted molar refractivity (Wildman–Crippen MR) is 82.9 cm³/mol. The van der Waals surface area contributed by atoms with Crippen LogP contribution in [0.3, 0.4) is 0 Å². The lowest BCUT2D eigenvalue weighted by Crippen LogP contribution is -2.45. The number of carboxylic acid groups (broad SMARTS) is 1. The van der Waals surface area contributed by atoms with Gasteiger partial charge in [-0.25, -0.2) is 14.0 Å². The largest absolute Gasteiger partial charge is 0.480 e. The second-order valence-electron chi connectivity index (χ2n) is 6.86. The van der Waals surface area contributed by atoms with Crippen LogP contribution in [-0.4, -0.2) is 40.3 Å². The van der Waals surface area contributed by atoms with Crippen molar-refractivity contribution in [1.82, 2.24) is 4.90 Å². The zero-order chi connectivity index (χ0) is 17.4. The topological polar surface area (TPSA) is 66.8 Å². The van der Waals surface area contributed by atoms with Crippen LogP contribution in [0.5, 0.6) is 0 Å². The van der Waals surface area contributed by atoms with Crippen molar-refractivity contribution in [3.05, 3.63) is 35.1 Å². The number of amides is 1. The van der Waals surface area contributed by atoms with Crippen molar-refractivity contribution in [3.8, 4) is 0 Å². The molecule has 6 heteroatoms. The molecule has 2 rings (SSSR count). The third-order valence-corrected chi connectivity index (χ3v) is 3.89. The minimum atomic E-state index is -1.08. The van der Waals surface area contributed by atoms with Crippen LogP contribution in [0.25, 0.3) is 0 Å². The summed E-state index contributed by atoms with van der Waals surface area (Å²) in [5.41, 5.74) is 0.495. The van der Waals surface area contributed by atoms with E-state index in [1.807, 2.05) is 0 Å². The summed E-state index contributed by atoms with van der Waals surface area (Å²) < 4.78 is 18.7. The Labute approximate surface area is 135 Å². The van der Waals surface area contributed by atoms with Gasteiger partial charge in [0.25, 0.3) is 0 Å². The molecule has 1 saturated heterocycles. The first kappa shape index (κ1) is 17.2. The quantitative estimate of drug-likeness (QED) is 0.907. The lowest BCUT2D eigenvalue weighted by atomic mass is 9.90. The maximum atomic E-state index is 13.4. The van der Waals surface area contributed by atoms with Crippen LogP contribution in [0, 0.1) is 12.7 Å². The van der Waals surface area contributed by atoms with E-state index in [4.69, 9.17) is 4.74 Å². The summed E-state index contributed by atoms with van der Waals surface area (Å²) in [5, 5.41) is 9.56. The summed E-state index contributed by atoms with van der Waals surface area (Å²) in [5.74, 6) is -1.79. The minimum Gasteiger partial charge on any atom is -0.480 e. The molecule has 2 atom stereocenters. The molecule has 0 bridgehead atoms. The van der Waals surface area contributed by atoms with E-state index in [2.05, 4.69) is 0 Å². The van der Waals surface area contributed by atoms with E-state index in [1.165, 1.54) is 11.0 Å². The number of carbonyl (C=O) groups excluding carboxylic acids is 1. The molecule has 1 fully saturated rings. The van der Waals surface area contributed by atoms with E-state index < -0.39 is 23.7 Å². The number of nitrogens with zero attached hydrogens (tertiary/aromatic N) is 1. The molecule has 1 aromatic carbocycles. The third-order valence-electron chi connectivity index (χ3n) is 3.89. The second kappa shape index (κ2) is 6.18. The number of aryl methyl sites for hydroxylation is 1. The molecule has 1 N–H and O–H groups in total. The number of hydrogen-bond acceptors (Lipinski definition) is 3. The maximum Gasteiger partial charge on any atom is 0.411 e. The molecule has 23 heavy (non-hydrogen) atoms. The molecular weight excluding hydrogens is 301 g/mol. The van der Waals surface area contributed by atoms with Gasteiger partial charge in [0.15, 0.2) is 0 Å². The zero-order valence-corrected chi connectivity index (χ0v) is 13.8. The Balaban J connectivity index is 2.27. The number of halogens is 1. The molecular formula is C17H22FNO4. The number of hydrogen-bond donors (Lipinski definition) is 1. The lowest BCUT2D eigenvalue weighted by Gasteiger charge is -2.28. The Hall–Kier alpha value is -2.11. The highest BCUT2D eigenvalue weighted by molar-refractivity contribution is 5.82. The molecule has 0 spiro atoms. The molecule has 126 valence electrons. The van der Waals surface area contributed by atoms with Gasteiger partial charge in [-0.3, -0.25) is 4.90 Å². The van der Waals surface area contributed by atoms with Crippen LogP contribution < -0.4 is 0 Å². The highest BCUT2D eigenvalue weighted by Gasteiger charge is 2.44. The summed E-state index contributed by atoms with van der Waals surface area (Å²) in [6.45, 7) is 7.13. The molecule has 0 aliphatic carbocycles. The Kier molecular flexibility index (Phi) is 4.63. The van der Waals surface area contributed by atoms with Gasteiger partial charge < -0.3 is 9.84 Å². The number of carbonyl (C=O) groups is 2. The van der Waals surface area contributed by atoms with Crippen molar-refractivity contribution in [1.29, 1.82) is 0 Å². The van der Waals surface area contributed by atoms with Crippen LogP contribution in [0.1, 0.15) is 44.2 Å². The number of benzene rings is 1. The molecule has 1 amide bonds. The van der Waals surface area contributed by atoms with Gasteiger partial charge in [0.05, 0.1) is 0 Å². The van der Waals surface area contributed by atoms with Crippen LogP contribution in [-0.2, 0) is 9.53 Å². The first-order valence-electron chi connectivity index (χ1n) is 7.58. The monoisotopic (exact) mass is 323 g/mol. The Morgan fingerprint density at radius 3 is 2.52 bits per heavy atom. The van der Waals surface area contributed by atoms with E-state index in [1.54, 1.807) is 39.8 Å². The van der Waals surface area contributed by atoms with Gasteiger partial charge in [-0.1, -0.05) is 12.1 Å². The Morgan fingerprint density at radius 2 is 2.00 bits per heavy atom. The van der Waals surface area contributed by atoms with Crippen LogP contribution in [0.2, 0.25) is 0 Å². The van der Waals surface area contributed by atoms with E-state index >= 15 is 0 Å². The van der Waals surface area contributed by atoms with Gasteiger partial charge >= 0.3 is 12.1 Å². The highest BCUT2D eigenvalue weighted by Crippen LogP contribution is 2.35. The molecule has 0 unspecified atom stereocenters. The second-order valence-corrected chi connectivity index (χ2v) is 6.86. The normalized spacial score (nSPS) is 21.3. The van der Waals surface area contributed by atoms with E-state index in [9.17, 15) is 19.1 Å². The lowest BCUT2D eigenvalue weighted by molar-refractivity contribution is -0.142. The molecule has 1 aliphatic heterocycles. The SMILES string of the molecule is Cc1cc([C@H]2CCN(C(=O)OC(C)(C)C)[C@@H]2C(=O)O)ccc1F. The molecule has 1 aromatic rings. The first-order chi connectivity index (χ1) is 10.6. The average Bonchev–Trinajstić information content (AvgIpc) is 2.85. The fourth-order valence-corrected chi connectivity index (χ4v) is 2.87. The summed E-state index contributed by atoms with van der Waals surface area (Å²) in [4.78, 5) is 25.2. The fourth-order valence-electron chi connectivity index (χ4n) is 2.87. The molecule has 0 radical (unpaired) electrons. The summed E-state index contributed by atoms with van der Waals surface area (Å²) >= 11 is 0. The standard InChI is InChI=1S/C17H22FNO4/c1-10-9-11(5-6-13(10)18)12-7-8-19(14(12)15(20)21)16(22)23-17(2,3)4/h5-6,9,12,14H,7-8H2,1-4H3,(H,20,21)/t12-,14+/m1/s1. The number of rotatable bonds is 2. The number of carboxylic acids is 1. The van der Waals surface area contributed by atoms with Gasteiger partial charge in [0.1, 0.15) is 17.5 Å². The maximum absolute atomic E-state index is 13.4. The van der Waals surface area contributed by atoms with Crippen molar-refractivity contribution < 1.29 is 23.8 Å². The number of aliphatic carboxylic acids is 1. The Morgan fingerprint density at radius 1 is 1.35 bits per heavy atom. The van der Waals surface area contributed by atoms with Crippen molar-refractivity contribution in [2.24, 2.45) is 0 Å². The van der Waals surface area contributed by atoms with Crippen molar-refractivity contribution in [2.75, 3.05) is 6.54 Å². The molecule has 0 aromatic heterocycles.